The average Bonchev–Trinajstić information content (AvgIpc) is 3.38. The number of nitrogens with two attached hydrogens (primary N) is 1. The molecule has 3 heterocycles. The summed E-state index contributed by atoms with van der Waals surface area (Å²) >= 11 is 6.88. The number of aliphatic carboxylic acids is 1. The normalized spacial score (nSPS) is 15.9. The standard InChI is InChI=1S/C19H18ClN5O3S2.C2HF3O2/c20-15-5-4-13-9-16(29-18(13)23-15)30(27,28)24-14-6-7-25(19(14)26)10-11-2-1-3-12(8-11)17(21)22;3-2(4,5)1(6)7/h1-5,8-9,14,24H,6-7,10H2,(H3,21,22);(H,6,7). The minimum absolute atomic E-state index is 0.0469. The van der Waals surface area contributed by atoms with E-state index >= 15 is 0 Å². The lowest BCUT2D eigenvalue weighted by atomic mass is 10.1. The number of rotatable bonds is 6. The second-order valence-corrected chi connectivity index (χ2v) is 11.1. The number of nitrogen functional groups attached to an aromatic ring is 1. The number of hydrogen-bond acceptors (Lipinski definition) is 7. The van der Waals surface area contributed by atoms with Crippen LogP contribution < -0.4 is 10.5 Å². The van der Waals surface area contributed by atoms with E-state index in [9.17, 15) is 26.4 Å². The zero-order valence-electron chi connectivity index (χ0n) is 18.6. The van der Waals surface area contributed by atoms with Crippen molar-refractivity contribution in [3.05, 3.63) is 58.7 Å². The van der Waals surface area contributed by atoms with Gasteiger partial charge in [0, 0.05) is 24.0 Å². The second kappa shape index (κ2) is 11.0. The number of nitrogens with one attached hydrogen (secondary N) is 2. The molecule has 0 radical (unpaired) electrons. The van der Waals surface area contributed by atoms with Gasteiger partial charge < -0.3 is 15.7 Å². The van der Waals surface area contributed by atoms with E-state index in [0.29, 0.717) is 35.3 Å². The first-order valence-corrected chi connectivity index (χ1v) is 13.0. The third kappa shape index (κ3) is 7.15. The number of likely N-dealkylation sites (tertiary alicyclic amines) is 1. The maximum absolute atomic E-state index is 12.8. The predicted octanol–water partition coefficient (Wildman–Crippen LogP) is 2.95. The van der Waals surface area contributed by atoms with Crippen molar-refractivity contribution < 1.29 is 36.3 Å². The summed E-state index contributed by atoms with van der Waals surface area (Å²) in [5.74, 6) is -3.09. The zero-order valence-corrected chi connectivity index (χ0v) is 21.0. The van der Waals surface area contributed by atoms with Crippen LogP contribution >= 0.6 is 22.9 Å². The van der Waals surface area contributed by atoms with Gasteiger partial charge in [-0.2, -0.15) is 17.9 Å². The summed E-state index contributed by atoms with van der Waals surface area (Å²) in [7, 11) is -3.87. The Morgan fingerprint density at radius 2 is 1.97 bits per heavy atom. The molecule has 1 fully saturated rings. The number of pyridine rings is 1. The molecule has 10 nitrogen and oxygen atoms in total. The minimum Gasteiger partial charge on any atom is -0.475 e. The number of carboxylic acids is 1. The Balaban J connectivity index is 0.000000479. The van der Waals surface area contributed by atoms with Crippen LogP contribution in [0.3, 0.4) is 0 Å². The van der Waals surface area contributed by atoms with Crippen LogP contribution in [-0.2, 0) is 26.2 Å². The molecule has 5 N–H and O–H groups in total. The van der Waals surface area contributed by atoms with Crippen LogP contribution in [0.1, 0.15) is 17.5 Å². The smallest absolute Gasteiger partial charge is 0.475 e. The van der Waals surface area contributed by atoms with Crippen LogP contribution in [0.25, 0.3) is 10.2 Å². The van der Waals surface area contributed by atoms with Gasteiger partial charge in [0.2, 0.25) is 5.91 Å². The third-order valence-corrected chi connectivity index (χ3v) is 8.24. The van der Waals surface area contributed by atoms with Crippen molar-refractivity contribution in [2.45, 2.75) is 29.4 Å². The van der Waals surface area contributed by atoms with Gasteiger partial charge in [-0.15, -0.1) is 11.3 Å². The molecule has 3 aromatic rings. The van der Waals surface area contributed by atoms with Gasteiger partial charge >= 0.3 is 12.1 Å². The topological polar surface area (TPSA) is 167 Å². The van der Waals surface area contributed by atoms with Gasteiger partial charge in [-0.25, -0.2) is 18.2 Å². The van der Waals surface area contributed by atoms with Crippen molar-refractivity contribution in [2.24, 2.45) is 5.73 Å². The Morgan fingerprint density at radius 3 is 2.59 bits per heavy atom. The zero-order chi connectivity index (χ0) is 27.5. The fraction of sp³-hybridized carbons (Fsp3) is 0.238. The van der Waals surface area contributed by atoms with Crippen molar-refractivity contribution in [1.82, 2.24) is 14.6 Å². The number of alkyl halides is 3. The van der Waals surface area contributed by atoms with Gasteiger partial charge in [-0.05, 0) is 36.2 Å². The molecule has 1 aliphatic rings. The first kappa shape index (κ1) is 28.3. The van der Waals surface area contributed by atoms with Crippen molar-refractivity contribution >= 4 is 60.9 Å². The lowest BCUT2D eigenvalue weighted by Gasteiger charge is -2.17. The van der Waals surface area contributed by atoms with Gasteiger partial charge in [0.15, 0.2) is 0 Å². The van der Waals surface area contributed by atoms with Crippen molar-refractivity contribution in [2.75, 3.05) is 6.54 Å². The van der Waals surface area contributed by atoms with Crippen LogP contribution in [0.4, 0.5) is 13.2 Å². The predicted molar refractivity (Wildman–Crippen MR) is 130 cm³/mol. The van der Waals surface area contributed by atoms with Crippen LogP contribution in [0, 0.1) is 5.41 Å². The maximum Gasteiger partial charge on any atom is 0.490 e. The van der Waals surface area contributed by atoms with E-state index < -0.39 is 28.2 Å². The molecule has 1 amide bonds. The SMILES string of the molecule is N=C(N)c1cccc(CN2CCC(NS(=O)(=O)c3cc4ccc(Cl)nc4s3)C2=O)c1.O=C(O)C(F)(F)F. The molecular weight excluding hydrogens is 559 g/mol. The molecule has 37 heavy (non-hydrogen) atoms. The van der Waals surface area contributed by atoms with Crippen molar-refractivity contribution in [1.29, 1.82) is 5.41 Å². The quantitative estimate of drug-likeness (QED) is 0.198. The molecule has 0 bridgehead atoms. The van der Waals surface area contributed by atoms with Gasteiger partial charge in [0.25, 0.3) is 10.0 Å². The first-order chi connectivity index (χ1) is 17.2. The fourth-order valence-electron chi connectivity index (χ4n) is 3.31. The summed E-state index contributed by atoms with van der Waals surface area (Å²) in [6.07, 6.45) is -4.71. The highest BCUT2D eigenvalue weighted by molar-refractivity contribution is 7.91. The molecule has 1 aliphatic heterocycles. The molecule has 198 valence electrons. The van der Waals surface area contributed by atoms with E-state index in [1.807, 2.05) is 6.07 Å². The lowest BCUT2D eigenvalue weighted by Crippen LogP contribution is -2.41. The number of amides is 1. The van der Waals surface area contributed by atoms with E-state index in [4.69, 9.17) is 32.6 Å². The molecule has 4 rings (SSSR count). The molecule has 1 saturated heterocycles. The van der Waals surface area contributed by atoms with E-state index in [2.05, 4.69) is 9.71 Å². The lowest BCUT2D eigenvalue weighted by molar-refractivity contribution is -0.192. The Kier molecular flexibility index (Phi) is 8.42. The summed E-state index contributed by atoms with van der Waals surface area (Å²) in [6.45, 7) is 0.753. The number of carbonyl (C=O) groups is 2. The van der Waals surface area contributed by atoms with Crippen molar-refractivity contribution in [3.8, 4) is 0 Å². The number of amidine groups is 1. The summed E-state index contributed by atoms with van der Waals surface area (Å²) in [5.41, 5.74) is 6.92. The number of halogens is 4. The molecular formula is C21H19ClF3N5O5S2. The molecule has 0 spiro atoms. The number of thiophene rings is 1. The van der Waals surface area contributed by atoms with Crippen LogP contribution in [0.2, 0.25) is 5.15 Å². The monoisotopic (exact) mass is 577 g/mol. The van der Waals surface area contributed by atoms with E-state index in [1.54, 1.807) is 35.2 Å². The second-order valence-electron chi connectivity index (χ2n) is 7.73. The number of sulfonamides is 1. The van der Waals surface area contributed by atoms with E-state index in [1.165, 1.54) is 6.07 Å². The number of hydrogen-bond donors (Lipinski definition) is 4. The van der Waals surface area contributed by atoms with Gasteiger partial charge in [-0.1, -0.05) is 29.8 Å². The Bertz CT molecular complexity index is 1460. The van der Waals surface area contributed by atoms with E-state index in [-0.39, 0.29) is 21.1 Å². The Hall–Kier alpha value is -3.27. The van der Waals surface area contributed by atoms with E-state index in [0.717, 1.165) is 16.9 Å². The largest absolute Gasteiger partial charge is 0.490 e. The molecule has 1 unspecified atom stereocenters. The number of benzene rings is 1. The molecule has 2 aromatic heterocycles. The Morgan fingerprint density at radius 1 is 1.30 bits per heavy atom. The number of nitrogens with zero attached hydrogens (tertiary/aromatic N) is 2. The number of fused-ring (bicyclic) bond motifs is 1. The summed E-state index contributed by atoms with van der Waals surface area (Å²) in [5, 5.41) is 15.6. The molecule has 0 aliphatic carbocycles. The summed E-state index contributed by atoms with van der Waals surface area (Å²) < 4.78 is 60.0. The first-order valence-electron chi connectivity index (χ1n) is 10.3. The minimum atomic E-state index is -5.08. The highest BCUT2D eigenvalue weighted by Gasteiger charge is 2.38. The van der Waals surface area contributed by atoms with Crippen LogP contribution in [-0.4, -0.2) is 59.9 Å². The number of aromatic nitrogens is 1. The van der Waals surface area contributed by atoms with Gasteiger partial charge in [0.05, 0.1) is 0 Å². The van der Waals surface area contributed by atoms with Crippen LogP contribution in [0.5, 0.6) is 0 Å². The Labute approximate surface area is 217 Å². The highest BCUT2D eigenvalue weighted by Crippen LogP contribution is 2.29. The van der Waals surface area contributed by atoms with Gasteiger partial charge in [-0.3, -0.25) is 10.2 Å². The number of carbonyl (C=O) groups excluding carboxylic acids is 1. The number of carboxylic acid groups (broad SMARTS) is 1. The van der Waals surface area contributed by atoms with Gasteiger partial charge in [0.1, 0.15) is 26.1 Å². The molecule has 16 heteroatoms. The fourth-order valence-corrected chi connectivity index (χ4v) is 6.09. The highest BCUT2D eigenvalue weighted by atomic mass is 35.5. The van der Waals surface area contributed by atoms with Crippen molar-refractivity contribution in [3.63, 3.8) is 0 Å². The summed E-state index contributed by atoms with van der Waals surface area (Å²) in [6, 6.07) is 11.1. The average molecular weight is 578 g/mol. The summed E-state index contributed by atoms with van der Waals surface area (Å²) in [4.78, 5) is 27.9. The molecule has 1 aromatic carbocycles. The molecule has 0 saturated carbocycles. The van der Waals surface area contributed by atoms with Crippen LogP contribution in [0.15, 0.2) is 46.7 Å². The third-order valence-electron chi connectivity index (χ3n) is 5.04. The molecule has 1 atom stereocenters. The maximum atomic E-state index is 12.8.